The smallest absolute Gasteiger partial charge is 0.150 e. The van der Waals surface area contributed by atoms with Gasteiger partial charge in [-0.05, 0) is 31.0 Å². The fourth-order valence-electron chi connectivity index (χ4n) is 1.37. The lowest BCUT2D eigenvalue weighted by molar-refractivity contribution is 0.111. The largest absolute Gasteiger partial charge is 0.298 e. The highest BCUT2D eigenvalue weighted by molar-refractivity contribution is 5.75. The number of rotatable bonds is 2. The summed E-state index contributed by atoms with van der Waals surface area (Å²) in [6.45, 7) is 4.03. The summed E-state index contributed by atoms with van der Waals surface area (Å²) in [7, 11) is 0. The van der Waals surface area contributed by atoms with Gasteiger partial charge in [0.25, 0.3) is 0 Å². The molecule has 0 fully saturated rings. The maximum atomic E-state index is 10.3. The molecule has 2 rings (SSSR count). The van der Waals surface area contributed by atoms with Crippen LogP contribution < -0.4 is 0 Å². The zero-order chi connectivity index (χ0) is 13.4. The summed E-state index contributed by atoms with van der Waals surface area (Å²) in [5.41, 5.74) is 3.88. The molecule has 2 aromatic rings. The summed E-state index contributed by atoms with van der Waals surface area (Å²) >= 11 is 0. The molecule has 2 aromatic carbocycles. The molecule has 0 saturated heterocycles. The van der Waals surface area contributed by atoms with Gasteiger partial charge in [0.2, 0.25) is 0 Å². The third kappa shape index (κ3) is 4.34. The molecule has 0 aliphatic carbocycles. The fourth-order valence-corrected chi connectivity index (χ4v) is 1.37. The Morgan fingerprint density at radius 1 is 0.722 bits per heavy atom. The first-order valence-corrected chi connectivity index (χ1v) is 5.70. The van der Waals surface area contributed by atoms with Crippen LogP contribution in [-0.4, -0.2) is 12.6 Å². The molecule has 92 valence electrons. The molecular weight excluding hydrogens is 224 g/mol. The van der Waals surface area contributed by atoms with E-state index in [0.29, 0.717) is 0 Å². The van der Waals surface area contributed by atoms with Crippen molar-refractivity contribution in [2.75, 3.05) is 0 Å². The van der Waals surface area contributed by atoms with E-state index in [4.69, 9.17) is 0 Å². The molecule has 0 aliphatic heterocycles. The zero-order valence-corrected chi connectivity index (χ0v) is 10.6. The Kier molecular flexibility index (Phi) is 5.52. The van der Waals surface area contributed by atoms with Gasteiger partial charge in [-0.25, -0.2) is 0 Å². The summed E-state index contributed by atoms with van der Waals surface area (Å²) in [6, 6.07) is 14.8. The first-order chi connectivity index (χ1) is 8.67. The van der Waals surface area contributed by atoms with Gasteiger partial charge < -0.3 is 0 Å². The second-order valence-corrected chi connectivity index (χ2v) is 3.99. The summed E-state index contributed by atoms with van der Waals surface area (Å²) in [5.74, 6) is 0. The molecule has 0 N–H and O–H groups in total. The third-order valence-electron chi connectivity index (χ3n) is 2.60. The highest BCUT2D eigenvalue weighted by atomic mass is 16.1. The first-order valence-electron chi connectivity index (χ1n) is 5.70. The minimum absolute atomic E-state index is 0.729. The molecular formula is C16H16O2. The number of benzene rings is 2. The van der Waals surface area contributed by atoms with Crippen molar-refractivity contribution in [1.82, 2.24) is 0 Å². The number of aldehydes is 2. The molecule has 0 unspecified atom stereocenters. The van der Waals surface area contributed by atoms with Crippen LogP contribution in [0.2, 0.25) is 0 Å². The van der Waals surface area contributed by atoms with E-state index in [0.717, 1.165) is 23.7 Å². The van der Waals surface area contributed by atoms with Gasteiger partial charge in [0, 0.05) is 11.1 Å². The number of hydrogen-bond acceptors (Lipinski definition) is 2. The molecule has 0 aromatic heterocycles. The zero-order valence-electron chi connectivity index (χ0n) is 10.6. The van der Waals surface area contributed by atoms with Gasteiger partial charge in [-0.15, -0.1) is 0 Å². The molecule has 0 heterocycles. The lowest BCUT2D eigenvalue weighted by Gasteiger charge is -1.97. The van der Waals surface area contributed by atoms with Gasteiger partial charge in [0.05, 0.1) is 0 Å². The Morgan fingerprint density at radius 3 is 1.78 bits per heavy atom. The second-order valence-electron chi connectivity index (χ2n) is 3.99. The van der Waals surface area contributed by atoms with Crippen LogP contribution in [0.5, 0.6) is 0 Å². The minimum atomic E-state index is 0.729. The van der Waals surface area contributed by atoms with Crippen LogP contribution in [0, 0.1) is 13.8 Å². The van der Waals surface area contributed by atoms with Crippen LogP contribution in [0.1, 0.15) is 31.8 Å². The van der Waals surface area contributed by atoms with Gasteiger partial charge in [-0.3, -0.25) is 9.59 Å². The van der Waals surface area contributed by atoms with E-state index in [1.807, 2.05) is 50.2 Å². The molecule has 0 saturated carbocycles. The van der Waals surface area contributed by atoms with Crippen LogP contribution in [0.15, 0.2) is 48.5 Å². The predicted molar refractivity (Wildman–Crippen MR) is 73.1 cm³/mol. The average Bonchev–Trinajstić information content (AvgIpc) is 2.43. The molecule has 0 radical (unpaired) electrons. The van der Waals surface area contributed by atoms with Gasteiger partial charge in [0.15, 0.2) is 0 Å². The number of aryl methyl sites for hydroxylation is 2. The normalized spacial score (nSPS) is 9.00. The van der Waals surface area contributed by atoms with Gasteiger partial charge in [-0.2, -0.15) is 0 Å². The third-order valence-corrected chi connectivity index (χ3v) is 2.60. The Morgan fingerprint density at radius 2 is 1.33 bits per heavy atom. The average molecular weight is 240 g/mol. The predicted octanol–water partition coefficient (Wildman–Crippen LogP) is 3.62. The van der Waals surface area contributed by atoms with Crippen molar-refractivity contribution in [2.45, 2.75) is 13.8 Å². The number of carbonyl (C=O) groups is 2. The fraction of sp³-hybridized carbons (Fsp3) is 0.125. The maximum absolute atomic E-state index is 10.3. The van der Waals surface area contributed by atoms with E-state index in [-0.39, 0.29) is 0 Å². The van der Waals surface area contributed by atoms with Gasteiger partial charge in [0.1, 0.15) is 12.6 Å². The molecule has 0 aliphatic rings. The van der Waals surface area contributed by atoms with Crippen molar-refractivity contribution >= 4 is 12.6 Å². The molecule has 2 nitrogen and oxygen atoms in total. The molecule has 2 heteroatoms. The lowest BCUT2D eigenvalue weighted by atomic mass is 10.1. The number of hydrogen-bond donors (Lipinski definition) is 0. The van der Waals surface area contributed by atoms with E-state index >= 15 is 0 Å². The molecule has 0 amide bonds. The van der Waals surface area contributed by atoms with Gasteiger partial charge in [-0.1, -0.05) is 42.5 Å². The quantitative estimate of drug-likeness (QED) is 0.751. The summed E-state index contributed by atoms with van der Waals surface area (Å²) < 4.78 is 0. The SMILES string of the molecule is Cc1ccc(C=O)cc1C.O=Cc1ccccc1. The van der Waals surface area contributed by atoms with E-state index in [1.54, 1.807) is 12.1 Å². The van der Waals surface area contributed by atoms with Crippen LogP contribution in [0.3, 0.4) is 0 Å². The molecule has 0 atom stereocenters. The van der Waals surface area contributed by atoms with Crippen molar-refractivity contribution in [3.05, 3.63) is 70.8 Å². The summed E-state index contributed by atoms with van der Waals surface area (Å²) in [6.07, 6.45) is 1.70. The Labute approximate surface area is 107 Å². The summed E-state index contributed by atoms with van der Waals surface area (Å²) in [4.78, 5) is 20.3. The highest BCUT2D eigenvalue weighted by Gasteiger charge is 1.92. The van der Waals surface area contributed by atoms with Crippen LogP contribution in [0.25, 0.3) is 0 Å². The van der Waals surface area contributed by atoms with E-state index in [9.17, 15) is 9.59 Å². The summed E-state index contributed by atoms with van der Waals surface area (Å²) in [5, 5.41) is 0. The monoisotopic (exact) mass is 240 g/mol. The Bertz CT molecular complexity index is 516. The van der Waals surface area contributed by atoms with Crippen molar-refractivity contribution in [3.8, 4) is 0 Å². The maximum Gasteiger partial charge on any atom is 0.150 e. The lowest BCUT2D eigenvalue weighted by Crippen LogP contribution is -1.84. The minimum Gasteiger partial charge on any atom is -0.298 e. The molecule has 0 spiro atoms. The number of carbonyl (C=O) groups excluding carboxylic acids is 2. The van der Waals surface area contributed by atoms with Gasteiger partial charge >= 0.3 is 0 Å². The Hall–Kier alpha value is -2.22. The van der Waals surface area contributed by atoms with E-state index < -0.39 is 0 Å². The molecule has 0 bridgehead atoms. The van der Waals surface area contributed by atoms with Crippen LogP contribution in [0.4, 0.5) is 0 Å². The van der Waals surface area contributed by atoms with Crippen molar-refractivity contribution in [2.24, 2.45) is 0 Å². The van der Waals surface area contributed by atoms with Crippen LogP contribution >= 0.6 is 0 Å². The first kappa shape index (κ1) is 13.8. The Balaban J connectivity index is 0.000000184. The van der Waals surface area contributed by atoms with E-state index in [2.05, 4.69) is 0 Å². The standard InChI is InChI=1S/C9H10O.C7H6O/c1-7-3-4-9(6-10)5-8(7)2;8-6-7-4-2-1-3-5-7/h3-6H,1-2H3;1-6H. The second kappa shape index (κ2) is 7.17. The van der Waals surface area contributed by atoms with Crippen molar-refractivity contribution in [1.29, 1.82) is 0 Å². The topological polar surface area (TPSA) is 34.1 Å². The molecule has 18 heavy (non-hydrogen) atoms. The van der Waals surface area contributed by atoms with Crippen molar-refractivity contribution < 1.29 is 9.59 Å². The van der Waals surface area contributed by atoms with E-state index in [1.165, 1.54) is 11.1 Å². The van der Waals surface area contributed by atoms with Crippen LogP contribution in [-0.2, 0) is 0 Å². The van der Waals surface area contributed by atoms with Crippen molar-refractivity contribution in [3.63, 3.8) is 0 Å². The highest BCUT2D eigenvalue weighted by Crippen LogP contribution is 2.07.